The van der Waals surface area contributed by atoms with Crippen LogP contribution in [0.2, 0.25) is 0 Å². The first-order valence-corrected chi connectivity index (χ1v) is 10.3. The molecule has 31 heavy (non-hydrogen) atoms. The number of nitrogens with zero attached hydrogens (tertiary/aromatic N) is 3. The SMILES string of the molecule is CCOC(=O)Nc1cc(-c2cccc(OCC(O)CNC)c2)nc2c1cnn2C(C)C. The summed E-state index contributed by atoms with van der Waals surface area (Å²) in [5.74, 6) is 0.617. The van der Waals surface area contributed by atoms with E-state index in [2.05, 4.69) is 15.7 Å². The summed E-state index contributed by atoms with van der Waals surface area (Å²) in [6.45, 7) is 6.68. The Bertz CT molecular complexity index is 1030. The van der Waals surface area contributed by atoms with Crippen molar-refractivity contribution in [3.8, 4) is 17.0 Å². The molecule has 2 heterocycles. The van der Waals surface area contributed by atoms with Gasteiger partial charge in [0.05, 0.1) is 29.6 Å². The van der Waals surface area contributed by atoms with Crippen molar-refractivity contribution in [3.05, 3.63) is 36.5 Å². The lowest BCUT2D eigenvalue weighted by atomic mass is 10.1. The van der Waals surface area contributed by atoms with Crippen LogP contribution in [0.25, 0.3) is 22.3 Å². The summed E-state index contributed by atoms with van der Waals surface area (Å²) in [6.07, 6.45) is 0.550. The van der Waals surface area contributed by atoms with Gasteiger partial charge in [0, 0.05) is 18.2 Å². The number of fused-ring (bicyclic) bond motifs is 1. The Morgan fingerprint density at radius 1 is 1.29 bits per heavy atom. The first-order chi connectivity index (χ1) is 14.9. The molecule has 0 aliphatic rings. The molecule has 0 spiro atoms. The maximum Gasteiger partial charge on any atom is 0.411 e. The maximum atomic E-state index is 12.1. The van der Waals surface area contributed by atoms with Gasteiger partial charge < -0.3 is 19.9 Å². The largest absolute Gasteiger partial charge is 0.491 e. The predicted octanol–water partition coefficient (Wildman–Crippen LogP) is 3.21. The number of nitrogens with one attached hydrogen (secondary N) is 2. The average molecular weight is 428 g/mol. The van der Waals surface area contributed by atoms with E-state index in [0.29, 0.717) is 29.3 Å². The number of carbonyl (C=O) groups excluding carboxylic acids is 1. The van der Waals surface area contributed by atoms with E-state index in [1.807, 2.05) is 42.8 Å². The van der Waals surface area contributed by atoms with Crippen LogP contribution in [0.1, 0.15) is 26.8 Å². The molecule has 0 radical (unpaired) electrons. The molecule has 0 saturated heterocycles. The number of aliphatic hydroxyl groups excluding tert-OH is 1. The van der Waals surface area contributed by atoms with Crippen LogP contribution in [-0.2, 0) is 4.74 Å². The molecule has 1 aromatic carbocycles. The van der Waals surface area contributed by atoms with Crippen LogP contribution in [0.5, 0.6) is 5.75 Å². The Kier molecular flexibility index (Phi) is 7.43. The summed E-state index contributed by atoms with van der Waals surface area (Å²) in [6, 6.07) is 9.34. The molecule has 3 aromatic rings. The van der Waals surface area contributed by atoms with Gasteiger partial charge in [0.25, 0.3) is 0 Å². The fourth-order valence-electron chi connectivity index (χ4n) is 3.16. The first kappa shape index (κ1) is 22.5. The topological polar surface area (TPSA) is 111 Å². The van der Waals surface area contributed by atoms with Gasteiger partial charge in [-0.1, -0.05) is 12.1 Å². The quantitative estimate of drug-likeness (QED) is 0.481. The van der Waals surface area contributed by atoms with Crippen molar-refractivity contribution < 1.29 is 19.4 Å². The van der Waals surface area contributed by atoms with Crippen molar-refractivity contribution in [1.29, 1.82) is 0 Å². The highest BCUT2D eigenvalue weighted by Crippen LogP contribution is 2.31. The standard InChI is InChI=1S/C22H29N5O4/c1-5-30-22(29)26-20-10-19(25-21-18(20)12-24-27(21)14(2)3)15-7-6-8-17(9-15)31-13-16(28)11-23-4/h6-10,12,14,16,23,28H,5,11,13H2,1-4H3,(H,25,26,29). The average Bonchev–Trinajstić information content (AvgIpc) is 3.17. The van der Waals surface area contributed by atoms with E-state index in [0.717, 1.165) is 10.9 Å². The van der Waals surface area contributed by atoms with Crippen molar-refractivity contribution in [2.45, 2.75) is 32.9 Å². The summed E-state index contributed by atoms with van der Waals surface area (Å²) in [5, 5.41) is 20.7. The van der Waals surface area contributed by atoms with Gasteiger partial charge in [-0.25, -0.2) is 14.5 Å². The molecule has 2 aromatic heterocycles. The maximum absolute atomic E-state index is 12.1. The monoisotopic (exact) mass is 427 g/mol. The number of carbonyl (C=O) groups is 1. The highest BCUT2D eigenvalue weighted by molar-refractivity contribution is 5.99. The van der Waals surface area contributed by atoms with Crippen LogP contribution in [0.4, 0.5) is 10.5 Å². The molecule has 1 amide bonds. The second kappa shape index (κ2) is 10.2. The molecule has 166 valence electrons. The second-order valence-corrected chi connectivity index (χ2v) is 7.37. The number of pyridine rings is 1. The van der Waals surface area contributed by atoms with Crippen molar-refractivity contribution >= 4 is 22.8 Å². The lowest BCUT2D eigenvalue weighted by molar-refractivity contribution is 0.108. The molecule has 3 N–H and O–H groups in total. The molecule has 0 fully saturated rings. The normalized spacial score (nSPS) is 12.2. The van der Waals surface area contributed by atoms with E-state index in [-0.39, 0.29) is 19.3 Å². The molecule has 1 atom stereocenters. The Morgan fingerprint density at radius 2 is 2.10 bits per heavy atom. The zero-order valence-electron chi connectivity index (χ0n) is 18.3. The van der Waals surface area contributed by atoms with E-state index in [1.54, 1.807) is 26.2 Å². The fourth-order valence-corrected chi connectivity index (χ4v) is 3.16. The van der Waals surface area contributed by atoms with Crippen LogP contribution in [0.15, 0.2) is 36.5 Å². The molecule has 0 saturated carbocycles. The van der Waals surface area contributed by atoms with Crippen molar-refractivity contribution in [3.63, 3.8) is 0 Å². The Morgan fingerprint density at radius 3 is 2.81 bits per heavy atom. The van der Waals surface area contributed by atoms with Gasteiger partial charge in [0.1, 0.15) is 18.5 Å². The molecule has 1 unspecified atom stereocenters. The zero-order valence-corrected chi connectivity index (χ0v) is 18.3. The van der Waals surface area contributed by atoms with E-state index in [4.69, 9.17) is 14.5 Å². The minimum absolute atomic E-state index is 0.0963. The summed E-state index contributed by atoms with van der Waals surface area (Å²) >= 11 is 0. The van der Waals surface area contributed by atoms with Crippen molar-refractivity contribution in [2.24, 2.45) is 0 Å². The summed E-state index contributed by atoms with van der Waals surface area (Å²) < 4.78 is 12.6. The molecular formula is C22H29N5O4. The first-order valence-electron chi connectivity index (χ1n) is 10.3. The highest BCUT2D eigenvalue weighted by Gasteiger charge is 2.16. The molecule has 0 aliphatic carbocycles. The van der Waals surface area contributed by atoms with Crippen LogP contribution in [0, 0.1) is 0 Å². The minimum Gasteiger partial charge on any atom is -0.491 e. The summed E-state index contributed by atoms with van der Waals surface area (Å²) in [5.41, 5.74) is 2.70. The number of benzene rings is 1. The second-order valence-electron chi connectivity index (χ2n) is 7.37. The van der Waals surface area contributed by atoms with Gasteiger partial charge in [0.15, 0.2) is 5.65 Å². The van der Waals surface area contributed by atoms with Crippen LogP contribution < -0.4 is 15.4 Å². The van der Waals surface area contributed by atoms with E-state index < -0.39 is 12.2 Å². The minimum atomic E-state index is -0.607. The Labute approximate surface area is 181 Å². The molecular weight excluding hydrogens is 398 g/mol. The Hall–Kier alpha value is -3.17. The Balaban J connectivity index is 1.98. The number of aliphatic hydroxyl groups is 1. The van der Waals surface area contributed by atoms with Gasteiger partial charge in [-0.05, 0) is 46.0 Å². The third-order valence-corrected chi connectivity index (χ3v) is 4.58. The van der Waals surface area contributed by atoms with Crippen molar-refractivity contribution in [2.75, 3.05) is 32.1 Å². The van der Waals surface area contributed by atoms with E-state index in [9.17, 15) is 9.90 Å². The number of rotatable bonds is 9. The number of anilines is 1. The summed E-state index contributed by atoms with van der Waals surface area (Å²) in [7, 11) is 1.77. The van der Waals surface area contributed by atoms with Gasteiger partial charge >= 0.3 is 6.09 Å². The number of likely N-dealkylation sites (N-methyl/N-ethyl adjacent to an activating group) is 1. The van der Waals surface area contributed by atoms with E-state index >= 15 is 0 Å². The molecule has 0 bridgehead atoms. The van der Waals surface area contributed by atoms with Gasteiger partial charge in [-0.15, -0.1) is 0 Å². The van der Waals surface area contributed by atoms with Gasteiger partial charge in [-0.3, -0.25) is 5.32 Å². The fraction of sp³-hybridized carbons (Fsp3) is 0.409. The van der Waals surface area contributed by atoms with Crippen LogP contribution >= 0.6 is 0 Å². The molecule has 9 heteroatoms. The number of hydrogen-bond acceptors (Lipinski definition) is 7. The van der Waals surface area contributed by atoms with Gasteiger partial charge in [-0.2, -0.15) is 5.10 Å². The predicted molar refractivity (Wildman–Crippen MR) is 119 cm³/mol. The lowest BCUT2D eigenvalue weighted by Crippen LogP contribution is -2.29. The molecule has 0 aliphatic heterocycles. The number of aromatic nitrogens is 3. The third kappa shape index (κ3) is 5.50. The molecule has 9 nitrogen and oxygen atoms in total. The number of amides is 1. The zero-order chi connectivity index (χ0) is 22.4. The lowest BCUT2D eigenvalue weighted by Gasteiger charge is -2.14. The highest BCUT2D eigenvalue weighted by atomic mass is 16.5. The van der Waals surface area contributed by atoms with Crippen molar-refractivity contribution in [1.82, 2.24) is 20.1 Å². The number of hydrogen-bond donors (Lipinski definition) is 3. The van der Waals surface area contributed by atoms with E-state index in [1.165, 1.54) is 0 Å². The number of ether oxygens (including phenoxy) is 2. The molecule has 3 rings (SSSR count). The third-order valence-electron chi connectivity index (χ3n) is 4.58. The summed E-state index contributed by atoms with van der Waals surface area (Å²) in [4.78, 5) is 16.9. The smallest absolute Gasteiger partial charge is 0.411 e. The van der Waals surface area contributed by atoms with Crippen LogP contribution in [0.3, 0.4) is 0 Å². The van der Waals surface area contributed by atoms with Gasteiger partial charge in [0.2, 0.25) is 0 Å². The van der Waals surface area contributed by atoms with Crippen LogP contribution in [-0.4, -0.2) is 58.9 Å².